The van der Waals surface area contributed by atoms with Crippen LogP contribution in [0.4, 0.5) is 18.0 Å². The molecule has 2 amide bonds. The molecule has 0 aromatic carbocycles. The van der Waals surface area contributed by atoms with Crippen LogP contribution in [-0.2, 0) is 11.3 Å². The Morgan fingerprint density at radius 1 is 1.14 bits per heavy atom. The lowest BCUT2D eigenvalue weighted by atomic mass is 9.93. The van der Waals surface area contributed by atoms with Crippen LogP contribution in [0, 0.1) is 18.3 Å². The Kier molecular flexibility index (Phi) is 11.1. The molecule has 1 saturated heterocycles. The molecule has 1 aliphatic heterocycles. The van der Waals surface area contributed by atoms with Gasteiger partial charge in [0.1, 0.15) is 10.8 Å². The van der Waals surface area contributed by atoms with Crippen molar-refractivity contribution in [2.45, 2.75) is 115 Å². The zero-order valence-electron chi connectivity index (χ0n) is 29.3. The Morgan fingerprint density at radius 2 is 1.88 bits per heavy atom. The first-order valence-corrected chi connectivity index (χ1v) is 18.0. The van der Waals surface area contributed by atoms with Crippen molar-refractivity contribution >= 4 is 35.5 Å². The van der Waals surface area contributed by atoms with Gasteiger partial charge in [-0.25, -0.2) is 14.5 Å². The Bertz CT molecular complexity index is 1680. The van der Waals surface area contributed by atoms with Crippen LogP contribution in [0.3, 0.4) is 0 Å². The van der Waals surface area contributed by atoms with E-state index in [0.29, 0.717) is 18.3 Å². The fourth-order valence-electron chi connectivity index (χ4n) is 6.23. The highest BCUT2D eigenvalue weighted by molar-refractivity contribution is 7.98. The molecule has 5 rings (SSSR count). The number of aryl methyl sites for hydroxylation is 1. The van der Waals surface area contributed by atoms with E-state index in [-0.39, 0.29) is 54.1 Å². The monoisotopic (exact) mass is 739 g/mol. The van der Waals surface area contributed by atoms with Gasteiger partial charge >= 0.3 is 12.3 Å². The quantitative estimate of drug-likeness (QED) is 0.106. The fourth-order valence-corrected chi connectivity index (χ4v) is 7.14. The molecule has 0 radical (unpaired) electrons. The second kappa shape index (κ2) is 14.6. The number of ether oxygens (including phenoxy) is 2. The lowest BCUT2D eigenvalue weighted by Crippen LogP contribution is -2.45. The first-order chi connectivity index (χ1) is 23.4. The summed E-state index contributed by atoms with van der Waals surface area (Å²) in [6.45, 7) is 13.1. The van der Waals surface area contributed by atoms with Crippen LogP contribution in [0.5, 0.6) is 5.88 Å². The van der Waals surface area contributed by atoms with Crippen LogP contribution in [0.15, 0.2) is 35.5 Å². The van der Waals surface area contributed by atoms with Crippen LogP contribution in [0.1, 0.15) is 95.6 Å². The Labute approximate surface area is 299 Å². The number of carbonyl (C=O) groups excluding carboxylic acids is 2. The number of nitrogens with zero attached hydrogens (tertiary/aromatic N) is 6. The Morgan fingerprint density at radius 3 is 2.54 bits per heavy atom. The summed E-state index contributed by atoms with van der Waals surface area (Å²) in [4.78, 5) is 32.6. The molecule has 1 N–H and O–H groups in total. The number of amides is 2. The SMILES string of the molecule is Cc1c(SNC(=O)c2ccc(-n3ccc(OCCC4(C(F)(F)F)CC4)n3)nc2Cl)cnn1CCCCC1CN(C(=O)OC(C)(C)C)C(C)(C)C1. The summed E-state index contributed by atoms with van der Waals surface area (Å²) in [5.41, 5.74) is -1.31. The number of pyridine rings is 1. The summed E-state index contributed by atoms with van der Waals surface area (Å²) >= 11 is 7.50. The van der Waals surface area contributed by atoms with Crippen LogP contribution in [-0.4, -0.2) is 71.9 Å². The van der Waals surface area contributed by atoms with E-state index in [1.165, 1.54) is 16.8 Å². The van der Waals surface area contributed by atoms with Crippen molar-refractivity contribution in [1.82, 2.24) is 34.2 Å². The van der Waals surface area contributed by atoms with Crippen molar-refractivity contribution in [3.63, 3.8) is 0 Å². The summed E-state index contributed by atoms with van der Waals surface area (Å²) in [7, 11) is 0. The third-order valence-electron chi connectivity index (χ3n) is 9.28. The minimum absolute atomic E-state index is 0.0355. The molecule has 1 atom stereocenters. The van der Waals surface area contributed by atoms with Gasteiger partial charge in [0.15, 0.2) is 5.82 Å². The third-order valence-corrected chi connectivity index (χ3v) is 10.5. The summed E-state index contributed by atoms with van der Waals surface area (Å²) in [6.07, 6.45) is 2.79. The molecule has 0 bridgehead atoms. The first-order valence-electron chi connectivity index (χ1n) is 16.8. The number of unbranched alkanes of at least 4 members (excludes halogenated alkanes) is 1. The lowest BCUT2D eigenvalue weighted by Gasteiger charge is -2.33. The topological polar surface area (TPSA) is 116 Å². The second-order valence-electron chi connectivity index (χ2n) is 14.8. The van der Waals surface area contributed by atoms with Crippen LogP contribution >= 0.6 is 23.5 Å². The van der Waals surface area contributed by atoms with E-state index in [9.17, 15) is 22.8 Å². The molecule has 2 aliphatic rings. The molecule has 0 spiro atoms. The number of carbonyl (C=O) groups is 2. The molecule has 1 saturated carbocycles. The second-order valence-corrected chi connectivity index (χ2v) is 16.0. The van der Waals surface area contributed by atoms with Gasteiger partial charge in [0, 0.05) is 30.9 Å². The van der Waals surface area contributed by atoms with Gasteiger partial charge in [-0.2, -0.15) is 18.3 Å². The molecule has 4 heterocycles. The van der Waals surface area contributed by atoms with E-state index in [1.807, 2.05) is 37.3 Å². The molecule has 11 nitrogen and oxygen atoms in total. The summed E-state index contributed by atoms with van der Waals surface area (Å²) in [5.74, 6) is 0.462. The molecule has 3 aromatic rings. The van der Waals surface area contributed by atoms with Crippen molar-refractivity contribution in [2.75, 3.05) is 13.2 Å². The molecule has 1 unspecified atom stereocenters. The molecule has 16 heteroatoms. The standard InChI is InChI=1S/C34H45ClF3N7O4S/c1-22-25(20-39-44(22)16-8-7-9-23-19-32(5,6)43(21-23)30(47)49-31(2,3)4)50-42-29(46)24-10-11-26(40-28(24)35)45-17-12-27(41-45)48-18-15-33(13-14-33)34(36,37)38/h10-12,17,20,23H,7-9,13-16,18-19,21H2,1-6H3,(H,42,46). The average molecular weight is 740 g/mol. The van der Waals surface area contributed by atoms with Crippen LogP contribution in [0.25, 0.3) is 5.82 Å². The van der Waals surface area contributed by atoms with Gasteiger partial charge in [-0.3, -0.25) is 14.2 Å². The molecular formula is C34H45ClF3N7O4S. The number of rotatable bonds is 13. The maximum atomic E-state index is 13.2. The predicted octanol–water partition coefficient (Wildman–Crippen LogP) is 8.18. The number of hydrogen-bond acceptors (Lipinski definition) is 8. The highest BCUT2D eigenvalue weighted by Gasteiger charge is 2.62. The van der Waals surface area contributed by atoms with Crippen LogP contribution in [0.2, 0.25) is 5.15 Å². The van der Waals surface area contributed by atoms with Crippen molar-refractivity contribution in [2.24, 2.45) is 11.3 Å². The number of halogens is 4. The van der Waals surface area contributed by atoms with Gasteiger partial charge in [-0.15, -0.1) is 5.10 Å². The molecule has 274 valence electrons. The van der Waals surface area contributed by atoms with Gasteiger partial charge in [0.25, 0.3) is 5.91 Å². The number of hydrogen-bond donors (Lipinski definition) is 1. The van der Waals surface area contributed by atoms with E-state index < -0.39 is 23.1 Å². The number of aromatic nitrogens is 5. The highest BCUT2D eigenvalue weighted by Crippen LogP contribution is 2.59. The van der Waals surface area contributed by atoms with E-state index in [2.05, 4.69) is 33.8 Å². The maximum Gasteiger partial charge on any atom is 0.410 e. The highest BCUT2D eigenvalue weighted by atomic mass is 35.5. The largest absolute Gasteiger partial charge is 0.477 e. The molecular weight excluding hydrogens is 695 g/mol. The van der Waals surface area contributed by atoms with Crippen molar-refractivity contribution in [1.29, 1.82) is 0 Å². The van der Waals surface area contributed by atoms with Crippen LogP contribution < -0.4 is 9.46 Å². The first kappa shape index (κ1) is 37.8. The van der Waals surface area contributed by atoms with Gasteiger partial charge in [-0.05, 0) is 110 Å². The predicted molar refractivity (Wildman–Crippen MR) is 183 cm³/mol. The van der Waals surface area contributed by atoms with E-state index in [4.69, 9.17) is 21.1 Å². The summed E-state index contributed by atoms with van der Waals surface area (Å²) in [5, 5.41) is 8.69. The average Bonchev–Trinajstić information content (AvgIpc) is 3.37. The molecule has 1 aliphatic carbocycles. The minimum Gasteiger partial charge on any atom is -0.477 e. The van der Waals surface area contributed by atoms with E-state index in [0.717, 1.165) is 54.8 Å². The van der Waals surface area contributed by atoms with Gasteiger partial charge < -0.3 is 14.4 Å². The van der Waals surface area contributed by atoms with Gasteiger partial charge in [-0.1, -0.05) is 18.0 Å². The van der Waals surface area contributed by atoms with Crippen molar-refractivity contribution < 1.29 is 32.2 Å². The van der Waals surface area contributed by atoms with Crippen molar-refractivity contribution in [3.05, 3.63) is 47.0 Å². The van der Waals surface area contributed by atoms with Gasteiger partial charge in [0.2, 0.25) is 5.88 Å². The lowest BCUT2D eigenvalue weighted by molar-refractivity contribution is -0.190. The van der Waals surface area contributed by atoms with Gasteiger partial charge in [0.05, 0.1) is 34.4 Å². The number of alkyl halides is 3. The van der Waals surface area contributed by atoms with E-state index in [1.54, 1.807) is 18.5 Å². The third kappa shape index (κ3) is 9.06. The molecule has 2 fully saturated rings. The van der Waals surface area contributed by atoms with E-state index >= 15 is 0 Å². The number of nitrogens with one attached hydrogen (secondary N) is 1. The summed E-state index contributed by atoms with van der Waals surface area (Å²) < 4.78 is 56.6. The zero-order chi connectivity index (χ0) is 36.5. The molecule has 50 heavy (non-hydrogen) atoms. The summed E-state index contributed by atoms with van der Waals surface area (Å²) in [6, 6.07) is 4.62. The van der Waals surface area contributed by atoms with Crippen molar-refractivity contribution in [3.8, 4) is 11.7 Å². The number of likely N-dealkylation sites (tertiary alicyclic amines) is 1. The normalized spacial score (nSPS) is 18.3. The fraction of sp³-hybridized carbons (Fsp3) is 0.618. The maximum absolute atomic E-state index is 13.2. The smallest absolute Gasteiger partial charge is 0.410 e. The minimum atomic E-state index is -4.23. The zero-order valence-corrected chi connectivity index (χ0v) is 30.8. The Hall–Kier alpha value is -3.46. The Balaban J connectivity index is 1.06. The molecule has 3 aromatic heterocycles.